The van der Waals surface area contributed by atoms with E-state index >= 15 is 0 Å². The Balaban J connectivity index is 1.85. The fraction of sp³-hybridized carbons (Fsp3) is 0.467. The number of hydrogen-bond donors (Lipinski definition) is 2. The van der Waals surface area contributed by atoms with E-state index in [4.69, 9.17) is 4.74 Å². The lowest BCUT2D eigenvalue weighted by Gasteiger charge is -2.24. The molecule has 1 aliphatic carbocycles. The number of carbonyl (C=O) groups excluding carboxylic acids is 2. The van der Waals surface area contributed by atoms with Gasteiger partial charge in [-0.05, 0) is 37.1 Å². The van der Waals surface area contributed by atoms with Crippen LogP contribution in [0.25, 0.3) is 0 Å². The average Bonchev–Trinajstić information content (AvgIpc) is 2.37. The number of amides is 2. The SMILES string of the molecule is COCCNC(=O)c1ccc(NC(=O)C2CCC2)cc1. The van der Waals surface area contributed by atoms with E-state index in [0.717, 1.165) is 24.9 Å². The van der Waals surface area contributed by atoms with E-state index in [1.807, 2.05) is 0 Å². The van der Waals surface area contributed by atoms with Gasteiger partial charge >= 0.3 is 0 Å². The summed E-state index contributed by atoms with van der Waals surface area (Å²) >= 11 is 0. The Bertz CT molecular complexity index is 467. The molecule has 0 aromatic heterocycles. The molecule has 0 heterocycles. The predicted octanol–water partition coefficient (Wildman–Crippen LogP) is 1.80. The predicted molar refractivity (Wildman–Crippen MR) is 76.6 cm³/mol. The summed E-state index contributed by atoms with van der Waals surface area (Å²) in [5.74, 6) is 0.0967. The first-order valence-corrected chi connectivity index (χ1v) is 6.89. The van der Waals surface area contributed by atoms with Crippen molar-refractivity contribution in [3.05, 3.63) is 29.8 Å². The second kappa shape index (κ2) is 7.05. The van der Waals surface area contributed by atoms with Crippen molar-refractivity contribution in [3.63, 3.8) is 0 Å². The second-order valence-corrected chi connectivity index (χ2v) is 4.94. The molecule has 108 valence electrons. The Morgan fingerprint density at radius 3 is 2.50 bits per heavy atom. The van der Waals surface area contributed by atoms with Gasteiger partial charge in [-0.1, -0.05) is 6.42 Å². The average molecular weight is 276 g/mol. The van der Waals surface area contributed by atoms with Crippen molar-refractivity contribution in [1.29, 1.82) is 0 Å². The molecule has 1 aromatic carbocycles. The molecule has 0 radical (unpaired) electrons. The van der Waals surface area contributed by atoms with Crippen LogP contribution in [-0.4, -0.2) is 32.1 Å². The van der Waals surface area contributed by atoms with Crippen molar-refractivity contribution in [1.82, 2.24) is 5.32 Å². The van der Waals surface area contributed by atoms with Crippen molar-refractivity contribution >= 4 is 17.5 Å². The monoisotopic (exact) mass is 276 g/mol. The Labute approximate surface area is 118 Å². The lowest BCUT2D eigenvalue weighted by atomic mass is 9.85. The molecule has 2 rings (SSSR count). The minimum atomic E-state index is -0.140. The molecule has 0 aliphatic heterocycles. The zero-order valence-electron chi connectivity index (χ0n) is 11.6. The summed E-state index contributed by atoms with van der Waals surface area (Å²) < 4.78 is 4.87. The number of ether oxygens (including phenoxy) is 1. The number of carbonyl (C=O) groups is 2. The van der Waals surface area contributed by atoms with Gasteiger partial charge in [-0.2, -0.15) is 0 Å². The fourth-order valence-corrected chi connectivity index (χ4v) is 1.99. The molecule has 2 amide bonds. The normalized spacial score (nSPS) is 14.4. The van der Waals surface area contributed by atoms with Crippen LogP contribution in [0.15, 0.2) is 24.3 Å². The van der Waals surface area contributed by atoms with Crippen molar-refractivity contribution in [3.8, 4) is 0 Å². The minimum Gasteiger partial charge on any atom is -0.383 e. The highest BCUT2D eigenvalue weighted by molar-refractivity contribution is 5.96. The van der Waals surface area contributed by atoms with Gasteiger partial charge < -0.3 is 15.4 Å². The molecule has 1 saturated carbocycles. The van der Waals surface area contributed by atoms with E-state index < -0.39 is 0 Å². The molecule has 1 fully saturated rings. The van der Waals surface area contributed by atoms with Crippen molar-refractivity contribution < 1.29 is 14.3 Å². The molecule has 2 N–H and O–H groups in total. The summed E-state index contributed by atoms with van der Waals surface area (Å²) in [6.45, 7) is 0.969. The third-order valence-corrected chi connectivity index (χ3v) is 3.48. The van der Waals surface area contributed by atoms with Gasteiger partial charge in [-0.15, -0.1) is 0 Å². The second-order valence-electron chi connectivity index (χ2n) is 4.94. The van der Waals surface area contributed by atoms with E-state index in [2.05, 4.69) is 10.6 Å². The smallest absolute Gasteiger partial charge is 0.251 e. The number of anilines is 1. The largest absolute Gasteiger partial charge is 0.383 e. The van der Waals surface area contributed by atoms with Crippen LogP contribution in [0.1, 0.15) is 29.6 Å². The van der Waals surface area contributed by atoms with Crippen LogP contribution in [0.2, 0.25) is 0 Å². The Kier molecular flexibility index (Phi) is 5.12. The van der Waals surface area contributed by atoms with Crippen LogP contribution in [0.4, 0.5) is 5.69 Å². The number of methoxy groups -OCH3 is 1. The van der Waals surface area contributed by atoms with Crippen molar-refractivity contribution in [2.24, 2.45) is 5.92 Å². The lowest BCUT2D eigenvalue weighted by molar-refractivity contribution is -0.122. The standard InChI is InChI=1S/C15H20N2O3/c1-20-10-9-16-14(18)12-5-7-13(8-6-12)17-15(19)11-3-2-4-11/h5-8,11H,2-4,9-10H2,1H3,(H,16,18)(H,17,19). The molecule has 5 nitrogen and oxygen atoms in total. The Hall–Kier alpha value is -1.88. The fourth-order valence-electron chi connectivity index (χ4n) is 1.99. The highest BCUT2D eigenvalue weighted by atomic mass is 16.5. The van der Waals surface area contributed by atoms with Crippen LogP contribution in [0.3, 0.4) is 0 Å². The topological polar surface area (TPSA) is 67.4 Å². The lowest BCUT2D eigenvalue weighted by Crippen LogP contribution is -2.28. The van der Waals surface area contributed by atoms with Gasteiger partial charge in [0, 0.05) is 30.8 Å². The third-order valence-electron chi connectivity index (χ3n) is 3.48. The first-order chi connectivity index (χ1) is 9.70. The Morgan fingerprint density at radius 2 is 1.95 bits per heavy atom. The first kappa shape index (κ1) is 14.5. The molecule has 5 heteroatoms. The van der Waals surface area contributed by atoms with Crippen LogP contribution in [0, 0.1) is 5.92 Å². The van der Waals surface area contributed by atoms with Crippen LogP contribution in [0.5, 0.6) is 0 Å². The van der Waals surface area contributed by atoms with Crippen LogP contribution >= 0.6 is 0 Å². The summed E-state index contributed by atoms with van der Waals surface area (Å²) in [4.78, 5) is 23.5. The summed E-state index contributed by atoms with van der Waals surface area (Å²) in [7, 11) is 1.59. The Morgan fingerprint density at radius 1 is 1.25 bits per heavy atom. The van der Waals surface area contributed by atoms with E-state index in [1.165, 1.54) is 0 Å². The molecule has 0 unspecified atom stereocenters. The van der Waals surface area contributed by atoms with Gasteiger partial charge in [0.05, 0.1) is 6.61 Å². The minimum absolute atomic E-state index is 0.0774. The zero-order valence-corrected chi connectivity index (χ0v) is 11.6. The van der Waals surface area contributed by atoms with Gasteiger partial charge in [-0.25, -0.2) is 0 Å². The molecule has 0 spiro atoms. The number of rotatable bonds is 6. The summed E-state index contributed by atoms with van der Waals surface area (Å²) in [6.07, 6.45) is 3.09. The van der Waals surface area contributed by atoms with E-state index in [1.54, 1.807) is 31.4 Å². The maximum absolute atomic E-state index is 11.8. The molecule has 0 bridgehead atoms. The van der Waals surface area contributed by atoms with Crippen molar-refractivity contribution in [2.75, 3.05) is 25.6 Å². The third kappa shape index (κ3) is 3.81. The van der Waals surface area contributed by atoms with Crippen LogP contribution in [-0.2, 0) is 9.53 Å². The molecule has 1 aliphatic rings. The molecule has 0 atom stereocenters. The summed E-state index contributed by atoms with van der Waals surface area (Å²) in [5.41, 5.74) is 1.30. The molecule has 0 saturated heterocycles. The first-order valence-electron chi connectivity index (χ1n) is 6.89. The number of benzene rings is 1. The van der Waals surface area contributed by atoms with Gasteiger partial charge in [0.15, 0.2) is 0 Å². The highest BCUT2D eigenvalue weighted by Gasteiger charge is 2.25. The number of hydrogen-bond acceptors (Lipinski definition) is 3. The molecule has 20 heavy (non-hydrogen) atoms. The quantitative estimate of drug-likeness (QED) is 0.779. The maximum Gasteiger partial charge on any atom is 0.251 e. The van der Waals surface area contributed by atoms with Gasteiger partial charge in [0.2, 0.25) is 5.91 Å². The summed E-state index contributed by atoms with van der Waals surface area (Å²) in [6, 6.07) is 6.92. The van der Waals surface area contributed by atoms with E-state index in [0.29, 0.717) is 18.7 Å². The van der Waals surface area contributed by atoms with Gasteiger partial charge in [0.1, 0.15) is 0 Å². The molecule has 1 aromatic rings. The molecular weight excluding hydrogens is 256 g/mol. The van der Waals surface area contributed by atoms with Gasteiger partial charge in [0.25, 0.3) is 5.91 Å². The zero-order chi connectivity index (χ0) is 14.4. The van der Waals surface area contributed by atoms with E-state index in [9.17, 15) is 9.59 Å². The number of nitrogens with one attached hydrogen (secondary N) is 2. The maximum atomic E-state index is 11.8. The summed E-state index contributed by atoms with van der Waals surface area (Å²) in [5, 5.41) is 5.62. The molecular formula is C15H20N2O3. The van der Waals surface area contributed by atoms with Crippen molar-refractivity contribution in [2.45, 2.75) is 19.3 Å². The van der Waals surface area contributed by atoms with Crippen LogP contribution < -0.4 is 10.6 Å². The van der Waals surface area contributed by atoms with Gasteiger partial charge in [-0.3, -0.25) is 9.59 Å². The highest BCUT2D eigenvalue weighted by Crippen LogP contribution is 2.27. The van der Waals surface area contributed by atoms with E-state index in [-0.39, 0.29) is 17.7 Å².